The molecule has 2 N–H and O–H groups in total. The quantitative estimate of drug-likeness (QED) is 0.894. The Hall–Kier alpha value is -1.66. The van der Waals surface area contributed by atoms with Crippen molar-refractivity contribution in [1.82, 2.24) is 14.7 Å². The average Bonchev–Trinajstić information content (AvgIpc) is 3.03. The first-order valence-electron chi connectivity index (χ1n) is 8.80. The molecule has 0 spiro atoms. The third-order valence-electron chi connectivity index (χ3n) is 5.06. The van der Waals surface area contributed by atoms with Crippen molar-refractivity contribution < 1.29 is 8.42 Å². The number of aromatic amines is 1. The van der Waals surface area contributed by atoms with Crippen molar-refractivity contribution in [3.05, 3.63) is 46.5 Å². The van der Waals surface area contributed by atoms with Gasteiger partial charge in [0.25, 0.3) is 0 Å². The fourth-order valence-corrected chi connectivity index (χ4v) is 4.76. The maximum atomic E-state index is 12.6. The van der Waals surface area contributed by atoms with E-state index in [9.17, 15) is 8.42 Å². The Morgan fingerprint density at radius 2 is 1.75 bits per heavy atom. The van der Waals surface area contributed by atoms with E-state index in [-0.39, 0.29) is 6.54 Å². The number of H-pyrrole nitrogens is 1. The van der Waals surface area contributed by atoms with E-state index in [1.165, 1.54) is 29.7 Å². The van der Waals surface area contributed by atoms with Crippen molar-refractivity contribution in [3.63, 3.8) is 0 Å². The molecule has 0 saturated heterocycles. The number of nitrogens with zero attached hydrogens (tertiary/aromatic N) is 1. The van der Waals surface area contributed by atoms with E-state index in [2.05, 4.69) is 14.7 Å². The normalized spacial score (nSPS) is 17.3. The van der Waals surface area contributed by atoms with E-state index < -0.39 is 10.0 Å². The highest BCUT2D eigenvalue weighted by Gasteiger charge is 2.19. The van der Waals surface area contributed by atoms with Gasteiger partial charge in [-0.2, -0.15) is 0 Å². The van der Waals surface area contributed by atoms with Gasteiger partial charge in [0.05, 0.1) is 17.1 Å². The molecule has 128 valence electrons. The molecular weight excluding hydrogens is 322 g/mol. The molecule has 5 nitrogen and oxygen atoms in total. The molecule has 0 fully saturated rings. The topological polar surface area (TPSA) is 74.8 Å². The van der Waals surface area contributed by atoms with Crippen LogP contribution in [0.5, 0.6) is 0 Å². The first-order chi connectivity index (χ1) is 11.6. The molecular formula is C18H23N3O2S. The highest BCUT2D eigenvalue weighted by molar-refractivity contribution is 7.89. The summed E-state index contributed by atoms with van der Waals surface area (Å²) in [7, 11) is -3.50. The molecule has 2 aliphatic rings. The minimum absolute atomic E-state index is 0.215. The number of hydrogen-bond donors (Lipinski definition) is 2. The number of fused-ring (bicyclic) bond motifs is 2. The lowest BCUT2D eigenvalue weighted by Gasteiger charge is -2.16. The van der Waals surface area contributed by atoms with Crippen molar-refractivity contribution in [2.45, 2.75) is 62.8 Å². The van der Waals surface area contributed by atoms with Gasteiger partial charge < -0.3 is 4.98 Å². The van der Waals surface area contributed by atoms with Crippen LogP contribution in [0.25, 0.3) is 0 Å². The lowest BCUT2D eigenvalue weighted by molar-refractivity contribution is 0.579. The summed E-state index contributed by atoms with van der Waals surface area (Å²) in [6, 6.07) is 5.53. The van der Waals surface area contributed by atoms with Crippen molar-refractivity contribution >= 4 is 10.0 Å². The second-order valence-corrected chi connectivity index (χ2v) is 8.54. The van der Waals surface area contributed by atoms with Crippen LogP contribution < -0.4 is 4.72 Å². The van der Waals surface area contributed by atoms with E-state index in [0.717, 1.165) is 44.2 Å². The first kappa shape index (κ1) is 15.8. The molecule has 1 heterocycles. The number of nitrogens with one attached hydrogen (secondary N) is 2. The van der Waals surface area contributed by atoms with Gasteiger partial charge in [-0.1, -0.05) is 6.07 Å². The van der Waals surface area contributed by atoms with Crippen LogP contribution in [0, 0.1) is 0 Å². The molecule has 0 bridgehead atoms. The zero-order chi connectivity index (χ0) is 16.6. The van der Waals surface area contributed by atoms with Crippen LogP contribution in [0.3, 0.4) is 0 Å². The summed E-state index contributed by atoms with van der Waals surface area (Å²) in [6.45, 7) is 0.215. The van der Waals surface area contributed by atoms with Crippen molar-refractivity contribution in [2.24, 2.45) is 0 Å². The minimum Gasteiger partial charge on any atom is -0.345 e. The Bertz CT molecular complexity index is 832. The zero-order valence-corrected chi connectivity index (χ0v) is 14.6. The monoisotopic (exact) mass is 345 g/mol. The number of aromatic nitrogens is 2. The Balaban J connectivity index is 1.50. The molecule has 1 aromatic carbocycles. The minimum atomic E-state index is -3.50. The van der Waals surface area contributed by atoms with Crippen LogP contribution in [-0.4, -0.2) is 18.4 Å². The Kier molecular flexibility index (Phi) is 4.18. The molecule has 6 heteroatoms. The van der Waals surface area contributed by atoms with Crippen molar-refractivity contribution in [3.8, 4) is 0 Å². The summed E-state index contributed by atoms with van der Waals surface area (Å²) < 4.78 is 27.8. The van der Waals surface area contributed by atoms with E-state index in [0.29, 0.717) is 10.7 Å². The molecule has 0 saturated carbocycles. The number of benzene rings is 1. The Morgan fingerprint density at radius 1 is 1.00 bits per heavy atom. The van der Waals surface area contributed by atoms with Crippen molar-refractivity contribution in [1.29, 1.82) is 0 Å². The molecule has 0 unspecified atom stereocenters. The second-order valence-electron chi connectivity index (χ2n) is 6.78. The molecule has 0 aliphatic heterocycles. The van der Waals surface area contributed by atoms with E-state index >= 15 is 0 Å². The molecule has 0 amide bonds. The predicted octanol–water partition coefficient (Wildman–Crippen LogP) is 2.65. The summed E-state index contributed by atoms with van der Waals surface area (Å²) in [5.74, 6) is 0.712. The van der Waals surface area contributed by atoms with Crippen LogP contribution in [-0.2, 0) is 42.3 Å². The molecule has 4 rings (SSSR count). The zero-order valence-electron chi connectivity index (χ0n) is 13.8. The second kappa shape index (κ2) is 6.33. The third-order valence-corrected chi connectivity index (χ3v) is 6.46. The fraction of sp³-hybridized carbons (Fsp3) is 0.500. The highest BCUT2D eigenvalue weighted by atomic mass is 32.2. The van der Waals surface area contributed by atoms with E-state index in [1.54, 1.807) is 6.07 Å². The van der Waals surface area contributed by atoms with Gasteiger partial charge >= 0.3 is 0 Å². The SMILES string of the molecule is O=S(=O)(NCc1nc2c([nH]1)CCCC2)c1ccc2c(c1)CCCC2. The van der Waals surface area contributed by atoms with Crippen LogP contribution in [0.15, 0.2) is 23.1 Å². The third kappa shape index (κ3) is 3.13. The standard InChI is InChI=1S/C18H23N3O2S/c22-24(23,15-10-9-13-5-1-2-6-14(13)11-15)19-12-18-20-16-7-3-4-8-17(16)21-18/h9-11,19H,1-8,12H2,(H,20,21). The maximum Gasteiger partial charge on any atom is 0.240 e. The number of imidazole rings is 1. The number of rotatable bonds is 4. The number of aryl methyl sites for hydroxylation is 4. The number of sulfonamides is 1. The lowest BCUT2D eigenvalue weighted by Crippen LogP contribution is -2.24. The van der Waals surface area contributed by atoms with Gasteiger partial charge in [-0.25, -0.2) is 18.1 Å². The van der Waals surface area contributed by atoms with E-state index in [1.807, 2.05) is 12.1 Å². The van der Waals surface area contributed by atoms with Crippen LogP contribution in [0.1, 0.15) is 54.0 Å². The Labute approximate surface area is 143 Å². The molecule has 1 aromatic heterocycles. The van der Waals surface area contributed by atoms with E-state index in [4.69, 9.17) is 0 Å². The summed E-state index contributed by atoms with van der Waals surface area (Å²) in [5.41, 5.74) is 4.74. The smallest absolute Gasteiger partial charge is 0.240 e. The molecule has 24 heavy (non-hydrogen) atoms. The van der Waals surface area contributed by atoms with Crippen LogP contribution >= 0.6 is 0 Å². The maximum absolute atomic E-state index is 12.6. The molecule has 0 radical (unpaired) electrons. The van der Waals surface area contributed by atoms with Crippen LogP contribution in [0.2, 0.25) is 0 Å². The fourth-order valence-electron chi connectivity index (χ4n) is 3.72. The molecule has 2 aromatic rings. The van der Waals surface area contributed by atoms with Gasteiger partial charge in [0.15, 0.2) is 0 Å². The predicted molar refractivity (Wildman–Crippen MR) is 92.3 cm³/mol. The highest BCUT2D eigenvalue weighted by Crippen LogP contribution is 2.24. The molecule has 0 atom stereocenters. The largest absolute Gasteiger partial charge is 0.345 e. The summed E-state index contributed by atoms with van der Waals surface area (Å²) in [5, 5.41) is 0. The van der Waals surface area contributed by atoms with Gasteiger partial charge in [0, 0.05) is 5.69 Å². The summed E-state index contributed by atoms with van der Waals surface area (Å²) in [6.07, 6.45) is 8.71. The van der Waals surface area contributed by atoms with Gasteiger partial charge in [0.1, 0.15) is 5.82 Å². The van der Waals surface area contributed by atoms with Crippen LogP contribution in [0.4, 0.5) is 0 Å². The summed E-state index contributed by atoms with van der Waals surface area (Å²) in [4.78, 5) is 8.17. The first-order valence-corrected chi connectivity index (χ1v) is 10.3. The average molecular weight is 345 g/mol. The Morgan fingerprint density at radius 3 is 2.58 bits per heavy atom. The van der Waals surface area contributed by atoms with Gasteiger partial charge in [0.2, 0.25) is 10.0 Å². The van der Waals surface area contributed by atoms with Gasteiger partial charge in [-0.05, 0) is 74.6 Å². The number of hydrogen-bond acceptors (Lipinski definition) is 3. The molecule has 2 aliphatic carbocycles. The lowest BCUT2D eigenvalue weighted by atomic mass is 9.92. The summed E-state index contributed by atoms with van der Waals surface area (Å²) >= 11 is 0. The van der Waals surface area contributed by atoms with Crippen molar-refractivity contribution in [2.75, 3.05) is 0 Å². The van der Waals surface area contributed by atoms with Gasteiger partial charge in [-0.15, -0.1) is 0 Å². The van der Waals surface area contributed by atoms with Gasteiger partial charge in [-0.3, -0.25) is 0 Å².